The Hall–Kier alpha value is -0.240. The molecule has 0 heterocycles. The lowest BCUT2D eigenvalue weighted by molar-refractivity contribution is -0.347. The molecule has 5 N–H and O–H groups in total. The van der Waals surface area contributed by atoms with E-state index in [1.165, 1.54) is 0 Å². The summed E-state index contributed by atoms with van der Waals surface area (Å²) in [5.74, 6) is -0.988. The topological polar surface area (TPSA) is 110 Å². The fourth-order valence-electron chi connectivity index (χ4n) is 2.49. The Morgan fingerprint density at radius 3 is 2.37 bits per heavy atom. The minimum absolute atomic E-state index is 0.272. The molecule has 0 spiro atoms. The van der Waals surface area contributed by atoms with Crippen LogP contribution in [0.5, 0.6) is 0 Å². The van der Waals surface area contributed by atoms with Gasteiger partial charge in [-0.05, 0) is 6.42 Å². The lowest BCUT2D eigenvalue weighted by Crippen LogP contribution is -2.76. The van der Waals surface area contributed by atoms with Crippen LogP contribution in [0.2, 0.25) is 0 Å². The normalized spacial score (nSPS) is 36.0. The lowest BCUT2D eigenvalue weighted by atomic mass is 9.64. The molecule has 1 aliphatic rings. The molecule has 1 aliphatic carbocycles. The van der Waals surface area contributed by atoms with E-state index in [2.05, 4.69) is 6.92 Å². The standard InChI is InChI=1S/C13H26O6/c1-2-3-4-5-6-7-19-12(17)13(18)9(8-14)10(15)11(13)16/h9-12,14-18H,2-8H2,1H3. The van der Waals surface area contributed by atoms with Gasteiger partial charge in [0.05, 0.1) is 12.7 Å². The van der Waals surface area contributed by atoms with Gasteiger partial charge in [0, 0.05) is 12.5 Å². The highest BCUT2D eigenvalue weighted by atomic mass is 16.6. The molecule has 0 amide bonds. The van der Waals surface area contributed by atoms with E-state index in [0.29, 0.717) is 0 Å². The van der Waals surface area contributed by atoms with Crippen molar-refractivity contribution < 1.29 is 30.3 Å². The molecule has 0 aromatic heterocycles. The highest BCUT2D eigenvalue weighted by Crippen LogP contribution is 2.41. The van der Waals surface area contributed by atoms with Gasteiger partial charge in [0.25, 0.3) is 0 Å². The second kappa shape index (κ2) is 7.52. The minimum Gasteiger partial charge on any atom is -0.396 e. The number of aliphatic hydroxyl groups excluding tert-OH is 4. The maximum Gasteiger partial charge on any atom is 0.186 e. The van der Waals surface area contributed by atoms with E-state index in [1.807, 2.05) is 0 Å². The van der Waals surface area contributed by atoms with Crippen molar-refractivity contribution in [3.63, 3.8) is 0 Å². The monoisotopic (exact) mass is 278 g/mol. The maximum atomic E-state index is 10.1. The van der Waals surface area contributed by atoms with Crippen molar-refractivity contribution in [1.82, 2.24) is 0 Å². The van der Waals surface area contributed by atoms with E-state index in [-0.39, 0.29) is 6.61 Å². The number of hydrogen-bond donors (Lipinski definition) is 5. The number of hydrogen-bond acceptors (Lipinski definition) is 6. The third-order valence-electron chi connectivity index (χ3n) is 3.92. The van der Waals surface area contributed by atoms with Crippen LogP contribution in [0.3, 0.4) is 0 Å². The van der Waals surface area contributed by atoms with Gasteiger partial charge in [-0.3, -0.25) is 0 Å². The van der Waals surface area contributed by atoms with Gasteiger partial charge in [-0.1, -0.05) is 32.6 Å². The molecule has 1 fully saturated rings. The molecular formula is C13H26O6. The fraction of sp³-hybridized carbons (Fsp3) is 1.00. The summed E-state index contributed by atoms with van der Waals surface area (Å²) in [7, 11) is 0. The number of ether oxygens (including phenoxy) is 1. The van der Waals surface area contributed by atoms with Crippen LogP contribution >= 0.6 is 0 Å². The van der Waals surface area contributed by atoms with Crippen LogP contribution in [-0.2, 0) is 4.74 Å². The summed E-state index contributed by atoms with van der Waals surface area (Å²) in [4.78, 5) is 0. The summed E-state index contributed by atoms with van der Waals surface area (Å²) in [6, 6.07) is 0. The average Bonchev–Trinajstić information content (AvgIpc) is 2.42. The number of aliphatic hydroxyl groups is 5. The fourth-order valence-corrected chi connectivity index (χ4v) is 2.49. The Morgan fingerprint density at radius 2 is 1.79 bits per heavy atom. The van der Waals surface area contributed by atoms with Crippen LogP contribution in [-0.4, -0.2) is 62.8 Å². The average molecular weight is 278 g/mol. The zero-order valence-corrected chi connectivity index (χ0v) is 11.4. The van der Waals surface area contributed by atoms with Gasteiger partial charge in [-0.2, -0.15) is 0 Å². The van der Waals surface area contributed by atoms with E-state index >= 15 is 0 Å². The third kappa shape index (κ3) is 3.45. The summed E-state index contributed by atoms with van der Waals surface area (Å²) in [5.41, 5.74) is -1.99. The van der Waals surface area contributed by atoms with Crippen LogP contribution < -0.4 is 0 Å². The lowest BCUT2D eigenvalue weighted by Gasteiger charge is -2.54. The highest BCUT2D eigenvalue weighted by Gasteiger charge is 2.64. The molecule has 19 heavy (non-hydrogen) atoms. The van der Waals surface area contributed by atoms with Gasteiger partial charge in [0.15, 0.2) is 11.9 Å². The molecular weight excluding hydrogens is 252 g/mol. The molecule has 5 atom stereocenters. The molecule has 6 nitrogen and oxygen atoms in total. The van der Waals surface area contributed by atoms with E-state index in [4.69, 9.17) is 9.84 Å². The number of unbranched alkanes of at least 4 members (excludes halogenated alkanes) is 4. The van der Waals surface area contributed by atoms with Crippen molar-refractivity contribution in [2.75, 3.05) is 13.2 Å². The van der Waals surface area contributed by atoms with Crippen molar-refractivity contribution in [2.24, 2.45) is 5.92 Å². The Kier molecular flexibility index (Phi) is 6.65. The zero-order valence-electron chi connectivity index (χ0n) is 11.4. The van der Waals surface area contributed by atoms with Gasteiger partial charge >= 0.3 is 0 Å². The van der Waals surface area contributed by atoms with Gasteiger partial charge < -0.3 is 30.3 Å². The maximum absolute atomic E-state index is 10.1. The zero-order chi connectivity index (χ0) is 14.5. The Balaban J connectivity index is 2.30. The first kappa shape index (κ1) is 16.8. The minimum atomic E-state index is -1.99. The molecule has 1 saturated carbocycles. The summed E-state index contributed by atoms with van der Waals surface area (Å²) < 4.78 is 5.10. The molecule has 1 rings (SSSR count). The van der Waals surface area contributed by atoms with Crippen LogP contribution in [0.1, 0.15) is 39.0 Å². The summed E-state index contributed by atoms with van der Waals surface area (Å²) in [6.45, 7) is 1.87. The van der Waals surface area contributed by atoms with E-state index in [1.54, 1.807) is 0 Å². The first-order chi connectivity index (χ1) is 9.00. The van der Waals surface area contributed by atoms with Gasteiger partial charge in [0.2, 0.25) is 0 Å². The largest absolute Gasteiger partial charge is 0.396 e. The van der Waals surface area contributed by atoms with Gasteiger partial charge in [0.1, 0.15) is 6.10 Å². The van der Waals surface area contributed by atoms with Gasteiger partial charge in [-0.25, -0.2) is 0 Å². The predicted molar refractivity (Wildman–Crippen MR) is 68.3 cm³/mol. The van der Waals surface area contributed by atoms with Gasteiger partial charge in [-0.15, -0.1) is 0 Å². The van der Waals surface area contributed by atoms with Crippen LogP contribution in [0.15, 0.2) is 0 Å². The van der Waals surface area contributed by atoms with E-state index < -0.39 is 36.6 Å². The van der Waals surface area contributed by atoms with E-state index in [0.717, 1.165) is 32.1 Å². The summed E-state index contributed by atoms with van der Waals surface area (Å²) >= 11 is 0. The quantitative estimate of drug-likeness (QED) is 0.284. The Morgan fingerprint density at radius 1 is 1.16 bits per heavy atom. The summed E-state index contributed by atoms with van der Waals surface area (Å²) in [6.07, 6.45) is 0.797. The van der Waals surface area contributed by atoms with Crippen molar-refractivity contribution in [1.29, 1.82) is 0 Å². The first-order valence-corrected chi connectivity index (χ1v) is 6.99. The second-order valence-electron chi connectivity index (χ2n) is 5.25. The molecule has 0 radical (unpaired) electrons. The summed E-state index contributed by atoms with van der Waals surface area (Å²) in [5, 5.41) is 47.8. The highest BCUT2D eigenvalue weighted by molar-refractivity contribution is 5.12. The molecule has 0 bridgehead atoms. The molecule has 0 aliphatic heterocycles. The van der Waals surface area contributed by atoms with E-state index in [9.17, 15) is 20.4 Å². The number of rotatable bonds is 9. The smallest absolute Gasteiger partial charge is 0.186 e. The van der Waals surface area contributed by atoms with Crippen molar-refractivity contribution in [3.05, 3.63) is 0 Å². The molecule has 114 valence electrons. The molecule has 6 heteroatoms. The van der Waals surface area contributed by atoms with Crippen LogP contribution in [0, 0.1) is 5.92 Å². The van der Waals surface area contributed by atoms with Crippen LogP contribution in [0.25, 0.3) is 0 Å². The second-order valence-corrected chi connectivity index (χ2v) is 5.25. The molecule has 0 saturated heterocycles. The Labute approximate surface area is 113 Å². The van der Waals surface area contributed by atoms with Crippen molar-refractivity contribution in [2.45, 2.75) is 63.1 Å². The third-order valence-corrected chi connectivity index (χ3v) is 3.92. The Bertz CT molecular complexity index is 262. The molecule has 0 aromatic rings. The molecule has 5 unspecified atom stereocenters. The SMILES string of the molecule is CCCCCCCOC(O)C1(O)C(O)C(O)C1CO. The van der Waals surface area contributed by atoms with Crippen molar-refractivity contribution in [3.8, 4) is 0 Å². The predicted octanol–water partition coefficient (Wildman–Crippen LogP) is -0.633. The van der Waals surface area contributed by atoms with Crippen molar-refractivity contribution >= 4 is 0 Å². The first-order valence-electron chi connectivity index (χ1n) is 6.99. The van der Waals surface area contributed by atoms with Crippen LogP contribution in [0.4, 0.5) is 0 Å². The molecule has 0 aromatic carbocycles.